The van der Waals surface area contributed by atoms with Crippen molar-refractivity contribution in [2.75, 3.05) is 26.6 Å². The number of esters is 1. The molecule has 0 aliphatic rings. The van der Waals surface area contributed by atoms with Gasteiger partial charge in [-0.05, 0) is 41.5 Å². The van der Waals surface area contributed by atoms with E-state index in [1.54, 1.807) is 37.8 Å². The molecular formula is C27H29N3O4S2. The number of thiazole rings is 1. The number of anilines is 2. The van der Waals surface area contributed by atoms with Gasteiger partial charge in [0.05, 0.1) is 27.0 Å². The lowest BCUT2D eigenvalue weighted by molar-refractivity contribution is 0.0601. The third-order valence-corrected chi connectivity index (χ3v) is 7.23. The molecule has 7 nitrogen and oxygen atoms in total. The van der Waals surface area contributed by atoms with E-state index in [0.29, 0.717) is 28.0 Å². The molecule has 0 atom stereocenters. The Hall–Kier alpha value is -3.43. The molecule has 3 aromatic heterocycles. The zero-order chi connectivity index (χ0) is 25.9. The highest BCUT2D eigenvalue weighted by Gasteiger charge is 2.22. The molecule has 0 spiro atoms. The molecule has 0 amide bonds. The first-order chi connectivity index (χ1) is 17.2. The van der Waals surface area contributed by atoms with Gasteiger partial charge < -0.3 is 19.5 Å². The minimum absolute atomic E-state index is 0.0410. The van der Waals surface area contributed by atoms with Gasteiger partial charge >= 0.3 is 5.97 Å². The number of ether oxygens (including phenoxy) is 3. The fourth-order valence-corrected chi connectivity index (χ4v) is 5.68. The second-order valence-electron chi connectivity index (χ2n) is 9.34. The Morgan fingerprint density at radius 2 is 1.75 bits per heavy atom. The Balaban J connectivity index is 1.77. The number of benzene rings is 1. The maximum absolute atomic E-state index is 12.6. The van der Waals surface area contributed by atoms with Crippen LogP contribution in [0.5, 0.6) is 11.5 Å². The van der Waals surface area contributed by atoms with Gasteiger partial charge in [0.15, 0.2) is 5.13 Å². The topological polar surface area (TPSA) is 82.6 Å². The fourth-order valence-electron chi connectivity index (χ4n) is 3.69. The molecule has 0 saturated carbocycles. The van der Waals surface area contributed by atoms with Crippen molar-refractivity contribution >= 4 is 39.6 Å². The SMILES string of the molecule is COC(=O)c1cc(-c2cccs2)cnc1Nc1nc(-c2cc(OC)cc(OC)c2)c(CC(C)(C)C)s1. The van der Waals surface area contributed by atoms with E-state index >= 15 is 0 Å². The average Bonchev–Trinajstić information content (AvgIpc) is 3.53. The second-order valence-corrected chi connectivity index (χ2v) is 11.4. The summed E-state index contributed by atoms with van der Waals surface area (Å²) in [5, 5.41) is 5.89. The Bertz CT molecular complexity index is 1340. The summed E-state index contributed by atoms with van der Waals surface area (Å²) >= 11 is 3.12. The highest BCUT2D eigenvalue weighted by Crippen LogP contribution is 2.39. The third kappa shape index (κ3) is 5.85. The van der Waals surface area contributed by atoms with Gasteiger partial charge in [-0.3, -0.25) is 0 Å². The van der Waals surface area contributed by atoms with E-state index in [4.69, 9.17) is 19.2 Å². The minimum Gasteiger partial charge on any atom is -0.497 e. The van der Waals surface area contributed by atoms with Gasteiger partial charge in [-0.1, -0.05) is 26.8 Å². The molecule has 188 valence electrons. The summed E-state index contributed by atoms with van der Waals surface area (Å²) in [6.07, 6.45) is 2.56. The summed E-state index contributed by atoms with van der Waals surface area (Å²) in [6.45, 7) is 6.57. The van der Waals surface area contributed by atoms with E-state index < -0.39 is 5.97 Å². The van der Waals surface area contributed by atoms with E-state index in [-0.39, 0.29) is 5.41 Å². The summed E-state index contributed by atoms with van der Waals surface area (Å²) < 4.78 is 16.0. The first-order valence-electron chi connectivity index (χ1n) is 11.3. The number of hydrogen-bond donors (Lipinski definition) is 1. The number of rotatable bonds is 8. The van der Waals surface area contributed by atoms with Crippen LogP contribution in [0.15, 0.2) is 48.0 Å². The van der Waals surface area contributed by atoms with Crippen molar-refractivity contribution in [3.05, 3.63) is 58.4 Å². The molecule has 0 aliphatic carbocycles. The Morgan fingerprint density at radius 1 is 1.03 bits per heavy atom. The number of pyridine rings is 1. The molecule has 4 rings (SSSR count). The molecule has 0 radical (unpaired) electrons. The average molecular weight is 524 g/mol. The highest BCUT2D eigenvalue weighted by molar-refractivity contribution is 7.16. The first kappa shape index (κ1) is 25.7. The van der Waals surface area contributed by atoms with Crippen LogP contribution in [0.3, 0.4) is 0 Å². The number of carbonyl (C=O) groups excluding carboxylic acids is 1. The highest BCUT2D eigenvalue weighted by atomic mass is 32.1. The fraction of sp³-hybridized carbons (Fsp3) is 0.296. The predicted molar refractivity (Wildman–Crippen MR) is 146 cm³/mol. The molecule has 4 aromatic rings. The van der Waals surface area contributed by atoms with E-state index in [9.17, 15) is 4.79 Å². The molecule has 9 heteroatoms. The van der Waals surface area contributed by atoms with Crippen molar-refractivity contribution in [2.24, 2.45) is 5.41 Å². The first-order valence-corrected chi connectivity index (χ1v) is 13.0. The molecular weight excluding hydrogens is 494 g/mol. The minimum atomic E-state index is -0.465. The quantitative estimate of drug-likeness (QED) is 0.247. The van der Waals surface area contributed by atoms with Crippen LogP contribution < -0.4 is 14.8 Å². The lowest BCUT2D eigenvalue weighted by Crippen LogP contribution is -2.08. The zero-order valence-corrected chi connectivity index (χ0v) is 22.8. The standard InChI is InChI=1S/C27H29N3O4S2/c1-27(2,3)14-22-23(16-10-18(32-4)13-19(11-16)33-5)29-26(36-22)30-24-20(25(31)34-6)12-17(15-28-24)21-8-7-9-35-21/h7-13,15H,14H2,1-6H3,(H,28,29,30). The van der Waals surface area contributed by atoms with Gasteiger partial charge in [0.2, 0.25) is 0 Å². The Morgan fingerprint density at radius 3 is 2.33 bits per heavy atom. The van der Waals surface area contributed by atoms with Gasteiger partial charge in [0.1, 0.15) is 22.9 Å². The third-order valence-electron chi connectivity index (χ3n) is 5.34. The lowest BCUT2D eigenvalue weighted by Gasteiger charge is -2.17. The van der Waals surface area contributed by atoms with Gasteiger partial charge in [-0.2, -0.15) is 0 Å². The summed E-state index contributed by atoms with van der Waals surface area (Å²) in [5.41, 5.74) is 2.97. The van der Waals surface area contributed by atoms with Crippen LogP contribution in [0.2, 0.25) is 0 Å². The number of hydrogen-bond acceptors (Lipinski definition) is 9. The van der Waals surface area contributed by atoms with Crippen LogP contribution in [0.1, 0.15) is 36.0 Å². The van der Waals surface area contributed by atoms with Gasteiger partial charge in [-0.25, -0.2) is 14.8 Å². The van der Waals surface area contributed by atoms with E-state index in [0.717, 1.165) is 33.0 Å². The predicted octanol–water partition coefficient (Wildman–Crippen LogP) is 7.07. The normalized spacial score (nSPS) is 11.3. The Labute approximate surface area is 219 Å². The summed E-state index contributed by atoms with van der Waals surface area (Å²) in [7, 11) is 4.62. The van der Waals surface area contributed by atoms with Crippen LogP contribution in [0.25, 0.3) is 21.7 Å². The zero-order valence-electron chi connectivity index (χ0n) is 21.2. The summed E-state index contributed by atoms with van der Waals surface area (Å²) in [5.74, 6) is 1.31. The molecule has 0 unspecified atom stereocenters. The molecule has 0 saturated heterocycles. The molecule has 0 aliphatic heterocycles. The number of carbonyl (C=O) groups is 1. The van der Waals surface area contributed by atoms with Crippen molar-refractivity contribution in [3.8, 4) is 33.2 Å². The maximum atomic E-state index is 12.6. The maximum Gasteiger partial charge on any atom is 0.341 e. The number of nitrogens with zero attached hydrogens (tertiary/aromatic N) is 2. The van der Waals surface area contributed by atoms with Crippen LogP contribution in [0, 0.1) is 5.41 Å². The van der Waals surface area contributed by atoms with Crippen molar-refractivity contribution in [3.63, 3.8) is 0 Å². The monoisotopic (exact) mass is 523 g/mol. The largest absolute Gasteiger partial charge is 0.497 e. The van der Waals surface area contributed by atoms with Gasteiger partial charge in [-0.15, -0.1) is 22.7 Å². The van der Waals surface area contributed by atoms with Crippen molar-refractivity contribution in [1.29, 1.82) is 0 Å². The van der Waals surface area contributed by atoms with Gasteiger partial charge in [0, 0.05) is 33.1 Å². The molecule has 36 heavy (non-hydrogen) atoms. The summed E-state index contributed by atoms with van der Waals surface area (Å²) in [6, 6.07) is 11.5. The van der Waals surface area contributed by atoms with Crippen LogP contribution in [0.4, 0.5) is 10.9 Å². The van der Waals surface area contributed by atoms with Crippen LogP contribution in [-0.4, -0.2) is 37.3 Å². The van der Waals surface area contributed by atoms with Crippen LogP contribution >= 0.6 is 22.7 Å². The summed E-state index contributed by atoms with van der Waals surface area (Å²) in [4.78, 5) is 24.2. The second kappa shape index (κ2) is 10.7. The molecule has 1 N–H and O–H groups in total. The van der Waals surface area contributed by atoms with E-state index in [1.807, 2.05) is 35.7 Å². The van der Waals surface area contributed by atoms with Crippen molar-refractivity contribution in [1.82, 2.24) is 9.97 Å². The molecule has 3 heterocycles. The lowest BCUT2D eigenvalue weighted by atomic mass is 9.90. The van der Waals surface area contributed by atoms with Crippen molar-refractivity contribution < 1.29 is 19.0 Å². The van der Waals surface area contributed by atoms with Gasteiger partial charge in [0.25, 0.3) is 0 Å². The molecule has 1 aromatic carbocycles. The molecule has 0 bridgehead atoms. The Kier molecular flexibility index (Phi) is 7.61. The van der Waals surface area contributed by atoms with E-state index in [2.05, 4.69) is 31.1 Å². The van der Waals surface area contributed by atoms with Crippen molar-refractivity contribution in [2.45, 2.75) is 27.2 Å². The number of methoxy groups -OCH3 is 3. The molecule has 0 fully saturated rings. The number of aromatic nitrogens is 2. The number of nitrogens with one attached hydrogen (secondary N) is 1. The smallest absolute Gasteiger partial charge is 0.341 e. The van der Waals surface area contributed by atoms with Crippen LogP contribution in [-0.2, 0) is 11.2 Å². The number of thiophene rings is 1. The van der Waals surface area contributed by atoms with E-state index in [1.165, 1.54) is 18.4 Å².